The summed E-state index contributed by atoms with van der Waals surface area (Å²) in [5, 5.41) is 5.15. The average molecular weight is 373 g/mol. The summed E-state index contributed by atoms with van der Waals surface area (Å²) >= 11 is 3.33. The molecule has 0 aliphatic heterocycles. The molecule has 2 aliphatic carbocycles. The second-order valence-corrected chi connectivity index (χ2v) is 8.23. The lowest BCUT2D eigenvalue weighted by atomic mass is 10.2. The number of primary sulfonamides is 1. The van der Waals surface area contributed by atoms with E-state index in [0.29, 0.717) is 22.0 Å². The first kappa shape index (κ1) is 15.0. The molecule has 0 radical (unpaired) electrons. The van der Waals surface area contributed by atoms with Gasteiger partial charge in [0.05, 0.1) is 10.5 Å². The van der Waals surface area contributed by atoms with E-state index in [1.54, 1.807) is 6.07 Å². The van der Waals surface area contributed by atoms with Gasteiger partial charge >= 0.3 is 0 Å². The minimum atomic E-state index is -3.81. The monoisotopic (exact) mass is 372 g/mol. The van der Waals surface area contributed by atoms with Crippen molar-refractivity contribution in [1.29, 1.82) is 0 Å². The minimum Gasteiger partial charge on any atom is -0.335 e. The SMILES string of the molecule is NS(=O)(=O)c1ccc(Br)c(C(=O)N(CC2CC2)C2CC2)c1. The fourth-order valence-electron chi connectivity index (χ4n) is 2.36. The number of hydrogen-bond donors (Lipinski definition) is 1. The number of rotatable bonds is 5. The van der Waals surface area contributed by atoms with Crippen LogP contribution in [0.2, 0.25) is 0 Å². The maximum Gasteiger partial charge on any atom is 0.255 e. The van der Waals surface area contributed by atoms with Gasteiger partial charge in [0.1, 0.15) is 0 Å². The Morgan fingerprint density at radius 2 is 1.95 bits per heavy atom. The van der Waals surface area contributed by atoms with Gasteiger partial charge < -0.3 is 4.90 Å². The third kappa shape index (κ3) is 3.46. The maximum absolute atomic E-state index is 12.7. The number of sulfonamides is 1. The minimum absolute atomic E-state index is 0.0313. The highest BCUT2D eigenvalue weighted by Crippen LogP contribution is 2.36. The number of halogens is 1. The molecule has 0 saturated heterocycles. The van der Waals surface area contributed by atoms with Crippen molar-refractivity contribution in [2.75, 3.05) is 6.54 Å². The van der Waals surface area contributed by atoms with E-state index in [9.17, 15) is 13.2 Å². The predicted octanol–water partition coefficient (Wildman–Crippen LogP) is 2.11. The van der Waals surface area contributed by atoms with E-state index in [4.69, 9.17) is 5.14 Å². The highest BCUT2D eigenvalue weighted by atomic mass is 79.9. The summed E-state index contributed by atoms with van der Waals surface area (Å²) in [7, 11) is -3.81. The van der Waals surface area contributed by atoms with Crippen molar-refractivity contribution >= 4 is 31.9 Å². The van der Waals surface area contributed by atoms with Crippen LogP contribution < -0.4 is 5.14 Å². The summed E-state index contributed by atoms with van der Waals surface area (Å²) in [4.78, 5) is 14.6. The van der Waals surface area contributed by atoms with E-state index in [1.165, 1.54) is 25.0 Å². The standard InChI is InChI=1S/C14H17BrN2O3S/c15-13-6-5-11(21(16,19)20)7-12(13)14(18)17(10-3-4-10)8-9-1-2-9/h5-7,9-10H,1-4,8H2,(H2,16,19,20). The number of nitrogens with two attached hydrogens (primary N) is 1. The number of carbonyl (C=O) groups is 1. The van der Waals surface area contributed by atoms with Crippen LogP contribution in [0, 0.1) is 5.92 Å². The summed E-state index contributed by atoms with van der Waals surface area (Å²) in [5.41, 5.74) is 0.370. The van der Waals surface area contributed by atoms with Gasteiger partial charge in [-0.05, 0) is 65.7 Å². The van der Waals surface area contributed by atoms with Crippen LogP contribution in [0.1, 0.15) is 36.0 Å². The molecule has 2 aliphatic rings. The number of amides is 1. The van der Waals surface area contributed by atoms with Crippen molar-refractivity contribution in [1.82, 2.24) is 4.90 Å². The van der Waals surface area contributed by atoms with Crippen LogP contribution in [0.4, 0.5) is 0 Å². The van der Waals surface area contributed by atoms with Gasteiger partial charge in [-0.1, -0.05) is 0 Å². The van der Waals surface area contributed by atoms with Gasteiger partial charge in [0, 0.05) is 17.1 Å². The molecule has 114 valence electrons. The Hall–Kier alpha value is -0.920. The summed E-state index contributed by atoms with van der Waals surface area (Å²) in [6.45, 7) is 0.773. The van der Waals surface area contributed by atoms with Crippen molar-refractivity contribution in [3.05, 3.63) is 28.2 Å². The zero-order valence-corrected chi connectivity index (χ0v) is 13.9. The van der Waals surface area contributed by atoms with Gasteiger partial charge in [-0.3, -0.25) is 4.79 Å². The molecule has 0 heterocycles. The lowest BCUT2D eigenvalue weighted by Crippen LogP contribution is -2.35. The van der Waals surface area contributed by atoms with Crippen LogP contribution in [0.3, 0.4) is 0 Å². The Kier molecular flexibility index (Phi) is 3.83. The number of benzene rings is 1. The van der Waals surface area contributed by atoms with Crippen LogP contribution >= 0.6 is 15.9 Å². The Bertz CT molecular complexity index is 681. The third-order valence-electron chi connectivity index (χ3n) is 3.90. The van der Waals surface area contributed by atoms with E-state index in [0.717, 1.165) is 19.4 Å². The van der Waals surface area contributed by atoms with Crippen LogP contribution in [0.5, 0.6) is 0 Å². The quantitative estimate of drug-likeness (QED) is 0.859. The van der Waals surface area contributed by atoms with Gasteiger partial charge in [0.15, 0.2) is 0 Å². The van der Waals surface area contributed by atoms with Crippen molar-refractivity contribution in [2.45, 2.75) is 36.6 Å². The van der Waals surface area contributed by atoms with Crippen molar-refractivity contribution in [2.24, 2.45) is 11.1 Å². The van der Waals surface area contributed by atoms with Crippen LogP contribution in [-0.2, 0) is 10.0 Å². The highest BCUT2D eigenvalue weighted by molar-refractivity contribution is 9.10. The Morgan fingerprint density at radius 1 is 1.29 bits per heavy atom. The third-order valence-corrected chi connectivity index (χ3v) is 5.50. The molecule has 2 N–H and O–H groups in total. The zero-order valence-electron chi connectivity index (χ0n) is 11.5. The molecule has 2 saturated carbocycles. The number of nitrogens with zero attached hydrogens (tertiary/aromatic N) is 1. The topological polar surface area (TPSA) is 80.5 Å². The largest absolute Gasteiger partial charge is 0.335 e. The maximum atomic E-state index is 12.7. The van der Waals surface area contributed by atoms with Gasteiger partial charge in [0.2, 0.25) is 10.0 Å². The molecule has 0 spiro atoms. The molecule has 2 fully saturated rings. The Morgan fingerprint density at radius 3 is 2.48 bits per heavy atom. The van der Waals surface area contributed by atoms with Crippen molar-refractivity contribution in [3.8, 4) is 0 Å². The van der Waals surface area contributed by atoms with Gasteiger partial charge in [0.25, 0.3) is 5.91 Å². The highest BCUT2D eigenvalue weighted by Gasteiger charge is 2.37. The Labute approximate surface area is 132 Å². The molecule has 0 unspecified atom stereocenters. The normalized spacial score (nSPS) is 18.6. The summed E-state index contributed by atoms with van der Waals surface area (Å²) in [6, 6.07) is 4.64. The van der Waals surface area contributed by atoms with E-state index in [2.05, 4.69) is 15.9 Å². The average Bonchev–Trinajstić information content (AvgIpc) is 3.26. The summed E-state index contributed by atoms with van der Waals surface area (Å²) < 4.78 is 23.5. The molecule has 0 aromatic heterocycles. The molecule has 0 atom stereocenters. The van der Waals surface area contributed by atoms with Crippen LogP contribution in [-0.4, -0.2) is 31.8 Å². The molecule has 5 nitrogen and oxygen atoms in total. The summed E-state index contributed by atoms with van der Waals surface area (Å²) in [5.74, 6) is 0.497. The lowest BCUT2D eigenvalue weighted by molar-refractivity contribution is 0.0733. The molecule has 0 bridgehead atoms. The predicted molar refractivity (Wildman–Crippen MR) is 82.3 cm³/mol. The fourth-order valence-corrected chi connectivity index (χ4v) is 3.32. The second-order valence-electron chi connectivity index (χ2n) is 5.82. The van der Waals surface area contributed by atoms with Crippen LogP contribution in [0.25, 0.3) is 0 Å². The Balaban J connectivity index is 1.91. The fraction of sp³-hybridized carbons (Fsp3) is 0.500. The van der Waals surface area contributed by atoms with Crippen LogP contribution in [0.15, 0.2) is 27.6 Å². The van der Waals surface area contributed by atoms with Gasteiger partial charge in [-0.2, -0.15) is 0 Å². The molecular formula is C14H17BrN2O3S. The second kappa shape index (κ2) is 5.37. The molecular weight excluding hydrogens is 356 g/mol. The molecule has 1 aromatic carbocycles. The van der Waals surface area contributed by atoms with Gasteiger partial charge in [-0.15, -0.1) is 0 Å². The molecule has 7 heteroatoms. The number of carbonyl (C=O) groups excluding carboxylic acids is 1. The van der Waals surface area contributed by atoms with E-state index >= 15 is 0 Å². The zero-order chi connectivity index (χ0) is 15.2. The lowest BCUT2D eigenvalue weighted by Gasteiger charge is -2.23. The first-order valence-electron chi connectivity index (χ1n) is 6.99. The van der Waals surface area contributed by atoms with E-state index < -0.39 is 10.0 Å². The molecule has 3 rings (SSSR count). The number of hydrogen-bond acceptors (Lipinski definition) is 3. The molecule has 1 aromatic rings. The smallest absolute Gasteiger partial charge is 0.255 e. The van der Waals surface area contributed by atoms with Crippen molar-refractivity contribution < 1.29 is 13.2 Å². The molecule has 21 heavy (non-hydrogen) atoms. The van der Waals surface area contributed by atoms with E-state index in [-0.39, 0.29) is 10.8 Å². The molecule has 1 amide bonds. The first-order chi connectivity index (χ1) is 9.86. The summed E-state index contributed by atoms with van der Waals surface area (Å²) in [6.07, 6.45) is 4.42. The van der Waals surface area contributed by atoms with Crippen molar-refractivity contribution in [3.63, 3.8) is 0 Å². The van der Waals surface area contributed by atoms with Gasteiger partial charge in [-0.25, -0.2) is 13.6 Å². The first-order valence-corrected chi connectivity index (χ1v) is 9.33. The van der Waals surface area contributed by atoms with E-state index in [1.807, 2.05) is 4.90 Å².